The van der Waals surface area contributed by atoms with Crippen LogP contribution >= 0.6 is 0 Å². The summed E-state index contributed by atoms with van der Waals surface area (Å²) in [4.78, 5) is 22.2. The van der Waals surface area contributed by atoms with E-state index in [1.54, 1.807) is 0 Å². The Labute approximate surface area is 109 Å². The average molecular weight is 255 g/mol. The number of hydrogen-bond acceptors (Lipinski definition) is 2. The largest absolute Gasteiger partial charge is 0.481 e. The van der Waals surface area contributed by atoms with E-state index in [1.165, 1.54) is 6.42 Å². The number of aliphatic carboxylic acids is 1. The predicted octanol–water partition coefficient (Wildman–Crippen LogP) is 2.43. The molecule has 1 fully saturated rings. The topological polar surface area (TPSA) is 66.4 Å². The highest BCUT2D eigenvalue weighted by Gasteiger charge is 2.25. The van der Waals surface area contributed by atoms with Gasteiger partial charge in [0.05, 0.1) is 0 Å². The molecule has 0 aromatic heterocycles. The zero-order valence-corrected chi connectivity index (χ0v) is 11.4. The lowest BCUT2D eigenvalue weighted by Crippen LogP contribution is -2.35. The van der Waals surface area contributed by atoms with Gasteiger partial charge in [0.25, 0.3) is 0 Å². The Balaban J connectivity index is 2.19. The van der Waals surface area contributed by atoms with Gasteiger partial charge in [0, 0.05) is 18.9 Å². The minimum absolute atomic E-state index is 0.182. The van der Waals surface area contributed by atoms with Crippen molar-refractivity contribution in [3.8, 4) is 0 Å². The SMILES string of the molecule is CC(C)C(CCNC(=O)C1CCC1)CCC(=O)O. The standard InChI is InChI=1S/C14H25NO3/c1-10(2)11(6-7-13(16)17)8-9-15-14(18)12-4-3-5-12/h10-12H,3-9H2,1-2H3,(H,15,18)(H,16,17). The van der Waals surface area contributed by atoms with E-state index < -0.39 is 5.97 Å². The summed E-state index contributed by atoms with van der Waals surface area (Å²) in [5, 5.41) is 11.7. The lowest BCUT2D eigenvalue weighted by atomic mass is 9.84. The van der Waals surface area contributed by atoms with Crippen LogP contribution < -0.4 is 5.32 Å². The van der Waals surface area contributed by atoms with Gasteiger partial charge in [-0.05, 0) is 37.5 Å². The maximum atomic E-state index is 11.6. The zero-order chi connectivity index (χ0) is 13.5. The molecule has 0 bridgehead atoms. The molecule has 18 heavy (non-hydrogen) atoms. The second-order valence-electron chi connectivity index (χ2n) is 5.64. The summed E-state index contributed by atoms with van der Waals surface area (Å²) in [6.45, 7) is 4.90. The number of carbonyl (C=O) groups excluding carboxylic acids is 1. The minimum Gasteiger partial charge on any atom is -0.481 e. The number of carbonyl (C=O) groups is 2. The van der Waals surface area contributed by atoms with Crippen molar-refractivity contribution < 1.29 is 14.7 Å². The molecule has 0 aromatic rings. The fourth-order valence-corrected chi connectivity index (χ4v) is 2.32. The molecule has 0 heterocycles. The van der Waals surface area contributed by atoms with Crippen molar-refractivity contribution >= 4 is 11.9 Å². The average Bonchev–Trinajstić information content (AvgIpc) is 2.19. The summed E-state index contributed by atoms with van der Waals surface area (Å²) >= 11 is 0. The second-order valence-corrected chi connectivity index (χ2v) is 5.64. The fraction of sp³-hybridized carbons (Fsp3) is 0.857. The Hall–Kier alpha value is -1.06. The minimum atomic E-state index is -0.737. The van der Waals surface area contributed by atoms with Crippen LogP contribution in [0.2, 0.25) is 0 Å². The van der Waals surface area contributed by atoms with Crippen molar-refractivity contribution in [1.29, 1.82) is 0 Å². The molecule has 1 aliphatic carbocycles. The van der Waals surface area contributed by atoms with Crippen LogP contribution in [0.25, 0.3) is 0 Å². The van der Waals surface area contributed by atoms with Crippen molar-refractivity contribution in [3.05, 3.63) is 0 Å². The van der Waals surface area contributed by atoms with Crippen LogP contribution in [0.3, 0.4) is 0 Å². The molecule has 1 atom stereocenters. The van der Waals surface area contributed by atoms with Gasteiger partial charge >= 0.3 is 5.97 Å². The Kier molecular flexibility index (Phi) is 6.16. The lowest BCUT2D eigenvalue weighted by Gasteiger charge is -2.25. The first kappa shape index (κ1) is 15.0. The summed E-state index contributed by atoms with van der Waals surface area (Å²) in [5.41, 5.74) is 0. The molecule has 1 aliphatic rings. The van der Waals surface area contributed by atoms with E-state index >= 15 is 0 Å². The first-order valence-electron chi connectivity index (χ1n) is 7.00. The number of amides is 1. The van der Waals surface area contributed by atoms with Gasteiger partial charge < -0.3 is 10.4 Å². The second kappa shape index (κ2) is 7.39. The van der Waals surface area contributed by atoms with Crippen LogP contribution in [0.15, 0.2) is 0 Å². The quantitative estimate of drug-likeness (QED) is 0.700. The molecular weight excluding hydrogens is 230 g/mol. The fourth-order valence-electron chi connectivity index (χ4n) is 2.32. The lowest BCUT2D eigenvalue weighted by molar-refractivity contribution is -0.137. The van der Waals surface area contributed by atoms with Crippen LogP contribution in [0.1, 0.15) is 52.4 Å². The monoisotopic (exact) mass is 255 g/mol. The van der Waals surface area contributed by atoms with Gasteiger partial charge in [-0.3, -0.25) is 9.59 Å². The molecule has 0 spiro atoms. The van der Waals surface area contributed by atoms with E-state index in [2.05, 4.69) is 19.2 Å². The van der Waals surface area contributed by atoms with Crippen molar-refractivity contribution in [2.24, 2.45) is 17.8 Å². The van der Waals surface area contributed by atoms with Gasteiger partial charge in [-0.15, -0.1) is 0 Å². The van der Waals surface area contributed by atoms with Gasteiger partial charge in [-0.1, -0.05) is 20.3 Å². The third-order valence-corrected chi connectivity index (χ3v) is 3.96. The predicted molar refractivity (Wildman–Crippen MR) is 70.2 cm³/mol. The maximum absolute atomic E-state index is 11.6. The van der Waals surface area contributed by atoms with Crippen molar-refractivity contribution in [1.82, 2.24) is 5.32 Å². The summed E-state index contributed by atoms with van der Waals surface area (Å²) in [7, 11) is 0. The number of rotatable bonds is 8. The molecule has 1 unspecified atom stereocenters. The Morgan fingerprint density at radius 1 is 1.28 bits per heavy atom. The third-order valence-electron chi connectivity index (χ3n) is 3.96. The molecule has 4 heteroatoms. The maximum Gasteiger partial charge on any atom is 0.303 e. The normalized spacial score (nSPS) is 17.3. The summed E-state index contributed by atoms with van der Waals surface area (Å²) in [5.74, 6) is 0.524. The van der Waals surface area contributed by atoms with E-state index in [4.69, 9.17) is 5.11 Å². The molecular formula is C14H25NO3. The molecule has 0 aliphatic heterocycles. The first-order chi connectivity index (χ1) is 8.50. The summed E-state index contributed by atoms with van der Waals surface area (Å²) < 4.78 is 0. The number of carboxylic acids is 1. The summed E-state index contributed by atoms with van der Waals surface area (Å²) in [6.07, 6.45) is 5.03. The van der Waals surface area contributed by atoms with Crippen molar-refractivity contribution in [2.45, 2.75) is 52.4 Å². The van der Waals surface area contributed by atoms with Gasteiger partial charge in [0.15, 0.2) is 0 Å². The van der Waals surface area contributed by atoms with Gasteiger partial charge in [-0.2, -0.15) is 0 Å². The van der Waals surface area contributed by atoms with Crippen molar-refractivity contribution in [2.75, 3.05) is 6.54 Å². The molecule has 1 amide bonds. The molecule has 0 aromatic carbocycles. The van der Waals surface area contributed by atoms with E-state index in [0.29, 0.717) is 24.8 Å². The number of hydrogen-bond donors (Lipinski definition) is 2. The molecule has 1 rings (SSSR count). The van der Waals surface area contributed by atoms with Crippen LogP contribution in [0.5, 0.6) is 0 Å². The van der Waals surface area contributed by atoms with Crippen LogP contribution in [-0.2, 0) is 9.59 Å². The van der Waals surface area contributed by atoms with E-state index in [0.717, 1.165) is 19.3 Å². The van der Waals surface area contributed by atoms with Gasteiger partial charge in [0.1, 0.15) is 0 Å². The molecule has 2 N–H and O–H groups in total. The van der Waals surface area contributed by atoms with Crippen LogP contribution in [0.4, 0.5) is 0 Å². The first-order valence-corrected chi connectivity index (χ1v) is 7.00. The van der Waals surface area contributed by atoms with Crippen LogP contribution in [0, 0.1) is 17.8 Å². The highest BCUT2D eigenvalue weighted by molar-refractivity contribution is 5.79. The van der Waals surface area contributed by atoms with E-state index in [9.17, 15) is 9.59 Å². The molecule has 104 valence electrons. The van der Waals surface area contributed by atoms with Crippen LogP contribution in [-0.4, -0.2) is 23.5 Å². The van der Waals surface area contributed by atoms with Gasteiger partial charge in [-0.25, -0.2) is 0 Å². The van der Waals surface area contributed by atoms with Crippen molar-refractivity contribution in [3.63, 3.8) is 0 Å². The zero-order valence-electron chi connectivity index (χ0n) is 11.4. The summed E-state index contributed by atoms with van der Waals surface area (Å²) in [6, 6.07) is 0. The molecule has 1 saturated carbocycles. The Bertz CT molecular complexity index is 285. The van der Waals surface area contributed by atoms with E-state index in [-0.39, 0.29) is 18.2 Å². The highest BCUT2D eigenvalue weighted by atomic mass is 16.4. The smallest absolute Gasteiger partial charge is 0.303 e. The molecule has 0 saturated heterocycles. The third kappa shape index (κ3) is 5.07. The molecule has 0 radical (unpaired) electrons. The molecule has 4 nitrogen and oxygen atoms in total. The Morgan fingerprint density at radius 2 is 1.94 bits per heavy atom. The van der Waals surface area contributed by atoms with Gasteiger partial charge in [0.2, 0.25) is 5.91 Å². The number of carboxylic acid groups (broad SMARTS) is 1. The number of nitrogens with one attached hydrogen (secondary N) is 1. The van der Waals surface area contributed by atoms with E-state index in [1.807, 2.05) is 0 Å². The Morgan fingerprint density at radius 3 is 2.39 bits per heavy atom. The highest BCUT2D eigenvalue weighted by Crippen LogP contribution is 2.26.